The van der Waals surface area contributed by atoms with E-state index in [0.717, 1.165) is 31.5 Å². The van der Waals surface area contributed by atoms with Crippen LogP contribution in [0.5, 0.6) is 0 Å². The van der Waals surface area contributed by atoms with Crippen molar-refractivity contribution in [2.75, 3.05) is 33.2 Å². The minimum atomic E-state index is -0.817. The van der Waals surface area contributed by atoms with Crippen molar-refractivity contribution < 1.29 is 19.5 Å². The number of likely N-dealkylation sites (N-methyl/N-ethyl adjacent to an activating group) is 1. The van der Waals surface area contributed by atoms with Crippen LogP contribution in [0, 0.1) is 0 Å². The lowest BCUT2D eigenvalue weighted by molar-refractivity contribution is -0.138. The molecule has 1 aromatic carbocycles. The van der Waals surface area contributed by atoms with E-state index < -0.39 is 12.0 Å². The van der Waals surface area contributed by atoms with E-state index in [1.165, 1.54) is 0 Å². The van der Waals surface area contributed by atoms with Crippen molar-refractivity contribution in [3.8, 4) is 0 Å². The first-order chi connectivity index (χ1) is 12.9. The van der Waals surface area contributed by atoms with Crippen LogP contribution in [0.3, 0.4) is 0 Å². The van der Waals surface area contributed by atoms with Crippen LogP contribution < -0.4 is 10.6 Å². The molecule has 0 aliphatic carbocycles. The van der Waals surface area contributed by atoms with E-state index in [1.54, 1.807) is 0 Å². The van der Waals surface area contributed by atoms with Gasteiger partial charge in [-0.25, -0.2) is 4.79 Å². The predicted octanol–water partition coefficient (Wildman–Crippen LogP) is 1.31. The number of likely N-dealkylation sites (tertiary alicyclic amines) is 1. The Bertz CT molecular complexity index is 636. The zero-order valence-electron chi connectivity index (χ0n) is 16.1. The Morgan fingerprint density at radius 3 is 2.43 bits per heavy atom. The SMILES string of the molecule is CN(CC(=O)O)C1CCN(CCC(=O)NC(=O)NCc2ccccc2)CC1.Cl. The van der Waals surface area contributed by atoms with E-state index >= 15 is 0 Å². The molecule has 0 atom stereocenters. The summed E-state index contributed by atoms with van der Waals surface area (Å²) in [5, 5.41) is 13.9. The van der Waals surface area contributed by atoms with Gasteiger partial charge in [0.25, 0.3) is 0 Å². The number of nitrogens with zero attached hydrogens (tertiary/aromatic N) is 2. The summed E-state index contributed by atoms with van der Waals surface area (Å²) in [6.45, 7) is 2.65. The molecule has 3 amide bonds. The van der Waals surface area contributed by atoms with Gasteiger partial charge in [-0.2, -0.15) is 0 Å². The lowest BCUT2D eigenvalue weighted by Crippen LogP contribution is -2.46. The molecule has 1 fully saturated rings. The summed E-state index contributed by atoms with van der Waals surface area (Å²) >= 11 is 0. The average molecular weight is 413 g/mol. The maximum absolute atomic E-state index is 11.9. The summed E-state index contributed by atoms with van der Waals surface area (Å²) in [5.74, 6) is -1.12. The van der Waals surface area contributed by atoms with Gasteiger partial charge in [-0.15, -0.1) is 12.4 Å². The van der Waals surface area contributed by atoms with Crippen LogP contribution in [0.4, 0.5) is 4.79 Å². The van der Waals surface area contributed by atoms with Gasteiger partial charge in [0, 0.05) is 25.6 Å². The summed E-state index contributed by atoms with van der Waals surface area (Å²) in [7, 11) is 1.83. The first-order valence-electron chi connectivity index (χ1n) is 9.20. The van der Waals surface area contributed by atoms with Crippen LogP contribution in [-0.4, -0.2) is 72.1 Å². The lowest BCUT2D eigenvalue weighted by Gasteiger charge is -2.36. The third-order valence-corrected chi connectivity index (χ3v) is 4.77. The molecule has 1 saturated heterocycles. The van der Waals surface area contributed by atoms with Gasteiger partial charge in [-0.05, 0) is 38.5 Å². The predicted molar refractivity (Wildman–Crippen MR) is 108 cm³/mol. The van der Waals surface area contributed by atoms with Crippen LogP contribution in [0.25, 0.3) is 0 Å². The molecular weight excluding hydrogens is 384 g/mol. The van der Waals surface area contributed by atoms with Gasteiger partial charge >= 0.3 is 12.0 Å². The van der Waals surface area contributed by atoms with Crippen LogP contribution in [0.1, 0.15) is 24.8 Å². The molecule has 1 aliphatic rings. The number of carboxylic acids is 1. The van der Waals surface area contributed by atoms with Gasteiger partial charge in [0.15, 0.2) is 0 Å². The van der Waals surface area contributed by atoms with Gasteiger partial charge in [-0.3, -0.25) is 19.8 Å². The van der Waals surface area contributed by atoms with Crippen molar-refractivity contribution in [3.63, 3.8) is 0 Å². The number of amides is 3. The summed E-state index contributed by atoms with van der Waals surface area (Å²) in [5.41, 5.74) is 0.968. The van der Waals surface area contributed by atoms with Crippen molar-refractivity contribution in [3.05, 3.63) is 35.9 Å². The first-order valence-corrected chi connectivity index (χ1v) is 9.20. The lowest BCUT2D eigenvalue weighted by atomic mass is 10.0. The quantitative estimate of drug-likeness (QED) is 0.595. The van der Waals surface area contributed by atoms with E-state index in [-0.39, 0.29) is 37.3 Å². The smallest absolute Gasteiger partial charge is 0.321 e. The fourth-order valence-corrected chi connectivity index (χ4v) is 3.20. The highest BCUT2D eigenvalue weighted by Gasteiger charge is 2.23. The Morgan fingerprint density at radius 2 is 1.82 bits per heavy atom. The van der Waals surface area contributed by atoms with Gasteiger partial charge in [0.2, 0.25) is 5.91 Å². The number of imide groups is 1. The summed E-state index contributed by atoms with van der Waals surface area (Å²) < 4.78 is 0. The number of urea groups is 1. The van der Waals surface area contributed by atoms with Crippen LogP contribution in [0.2, 0.25) is 0 Å². The molecule has 1 aliphatic heterocycles. The highest BCUT2D eigenvalue weighted by molar-refractivity contribution is 5.94. The van der Waals surface area contributed by atoms with Gasteiger partial charge in [0.1, 0.15) is 0 Å². The maximum Gasteiger partial charge on any atom is 0.321 e. The first kappa shape index (κ1) is 23.9. The second-order valence-electron chi connectivity index (χ2n) is 6.85. The number of rotatable bonds is 8. The van der Waals surface area contributed by atoms with E-state index in [9.17, 15) is 14.4 Å². The number of halogens is 1. The van der Waals surface area contributed by atoms with Crippen LogP contribution >= 0.6 is 12.4 Å². The molecule has 0 bridgehead atoms. The van der Waals surface area contributed by atoms with Crippen molar-refractivity contribution in [1.29, 1.82) is 0 Å². The van der Waals surface area contributed by atoms with E-state index in [1.807, 2.05) is 42.3 Å². The Labute approximate surface area is 171 Å². The van der Waals surface area contributed by atoms with Crippen LogP contribution in [-0.2, 0) is 16.1 Å². The molecule has 156 valence electrons. The largest absolute Gasteiger partial charge is 0.480 e. The maximum atomic E-state index is 11.9. The normalized spacial score (nSPS) is 14.9. The molecule has 0 radical (unpaired) electrons. The minimum Gasteiger partial charge on any atom is -0.480 e. The molecule has 0 saturated carbocycles. The Kier molecular flexibility index (Phi) is 10.5. The minimum absolute atomic E-state index is 0. The number of carbonyl (C=O) groups is 3. The molecule has 8 nitrogen and oxygen atoms in total. The van der Waals surface area contributed by atoms with Gasteiger partial charge < -0.3 is 15.3 Å². The monoisotopic (exact) mass is 412 g/mol. The van der Waals surface area contributed by atoms with Crippen molar-refractivity contribution in [1.82, 2.24) is 20.4 Å². The van der Waals surface area contributed by atoms with Crippen LogP contribution in [0.15, 0.2) is 30.3 Å². The number of carbonyl (C=O) groups excluding carboxylic acids is 2. The molecule has 0 spiro atoms. The number of benzene rings is 1. The molecule has 28 heavy (non-hydrogen) atoms. The van der Waals surface area contributed by atoms with Crippen molar-refractivity contribution in [2.45, 2.75) is 31.8 Å². The highest BCUT2D eigenvalue weighted by Crippen LogP contribution is 2.15. The highest BCUT2D eigenvalue weighted by atomic mass is 35.5. The number of aliphatic carboxylic acids is 1. The molecule has 1 aromatic rings. The van der Waals surface area contributed by atoms with Crippen molar-refractivity contribution in [2.24, 2.45) is 0 Å². The van der Waals surface area contributed by atoms with Gasteiger partial charge in [-0.1, -0.05) is 30.3 Å². The van der Waals surface area contributed by atoms with Gasteiger partial charge in [0.05, 0.1) is 6.54 Å². The number of nitrogens with one attached hydrogen (secondary N) is 2. The second-order valence-corrected chi connectivity index (χ2v) is 6.85. The molecule has 0 aromatic heterocycles. The molecule has 1 heterocycles. The average Bonchev–Trinajstić information content (AvgIpc) is 2.65. The fourth-order valence-electron chi connectivity index (χ4n) is 3.20. The second kappa shape index (κ2) is 12.3. The summed E-state index contributed by atoms with van der Waals surface area (Å²) in [6, 6.07) is 9.26. The molecular formula is C19H29ClN4O4. The van der Waals surface area contributed by atoms with Crippen molar-refractivity contribution >= 4 is 30.3 Å². The van der Waals surface area contributed by atoms with E-state index in [2.05, 4.69) is 15.5 Å². The third-order valence-electron chi connectivity index (χ3n) is 4.77. The Morgan fingerprint density at radius 1 is 1.18 bits per heavy atom. The molecule has 0 unspecified atom stereocenters. The Hall–Kier alpha value is -2.16. The van der Waals surface area contributed by atoms with E-state index in [4.69, 9.17) is 5.11 Å². The standard InChI is InChI=1S/C19H28N4O4.ClH/c1-22(14-18(25)26)16-7-10-23(11-8-16)12-9-17(24)21-19(27)20-13-15-5-3-2-4-6-15;/h2-6,16H,7-14H2,1H3,(H,25,26)(H2,20,21,24,27);1H. The molecule has 3 N–H and O–H groups in total. The Balaban J connectivity index is 0.00000392. The number of hydrogen-bond donors (Lipinski definition) is 3. The van der Waals surface area contributed by atoms with E-state index in [0.29, 0.717) is 13.1 Å². The molecule has 9 heteroatoms. The zero-order chi connectivity index (χ0) is 19.6. The summed E-state index contributed by atoms with van der Waals surface area (Å²) in [4.78, 5) is 38.5. The summed E-state index contributed by atoms with van der Waals surface area (Å²) in [6.07, 6.45) is 2.01. The fraction of sp³-hybridized carbons (Fsp3) is 0.526. The molecule has 2 rings (SSSR count). The number of carboxylic acid groups (broad SMARTS) is 1. The topological polar surface area (TPSA) is 102 Å². The number of hydrogen-bond acceptors (Lipinski definition) is 5. The third kappa shape index (κ3) is 8.69. The zero-order valence-corrected chi connectivity index (χ0v) is 16.9. The number of piperidine rings is 1.